The van der Waals surface area contributed by atoms with E-state index in [1.807, 2.05) is 18.2 Å². The van der Waals surface area contributed by atoms with Crippen LogP contribution in [0.5, 0.6) is 5.75 Å². The lowest BCUT2D eigenvalue weighted by Crippen LogP contribution is -2.16. The highest BCUT2D eigenvalue weighted by molar-refractivity contribution is 7.07. The molecule has 1 aromatic heterocycles. The Morgan fingerprint density at radius 2 is 2.21 bits per heavy atom. The van der Waals surface area contributed by atoms with Crippen LogP contribution in [0.15, 0.2) is 35.0 Å². The second-order valence-electron chi connectivity index (χ2n) is 4.83. The number of benzene rings is 1. The first kappa shape index (κ1) is 13.0. The summed E-state index contributed by atoms with van der Waals surface area (Å²) in [5.41, 5.74) is 2.34. The molecule has 100 valence electrons. The molecule has 0 saturated heterocycles. The fourth-order valence-corrected chi connectivity index (χ4v) is 2.75. The van der Waals surface area contributed by atoms with Gasteiger partial charge in [0.1, 0.15) is 12.4 Å². The third-order valence-corrected chi connectivity index (χ3v) is 4.12. The minimum Gasteiger partial charge on any atom is -0.489 e. The highest BCUT2D eigenvalue weighted by atomic mass is 35.5. The molecule has 1 aliphatic carbocycles. The van der Waals surface area contributed by atoms with Crippen molar-refractivity contribution in [1.82, 2.24) is 5.32 Å². The Hall–Kier alpha value is -1.03. The molecule has 1 fully saturated rings. The maximum absolute atomic E-state index is 6.07. The minimum atomic E-state index is 0.613. The molecule has 0 amide bonds. The molecule has 0 spiro atoms. The van der Waals surface area contributed by atoms with Crippen molar-refractivity contribution < 1.29 is 4.74 Å². The SMILES string of the molecule is Clc1ccc(OCc2ccsc2)c(CNC2CC2)c1. The lowest BCUT2D eigenvalue weighted by atomic mass is 10.2. The standard InChI is InChI=1S/C15H16ClNOS/c16-13-1-4-15(18-9-11-5-6-19-10-11)12(7-13)8-17-14-2-3-14/h1,4-7,10,14,17H,2-3,8-9H2. The van der Waals surface area contributed by atoms with Gasteiger partial charge in [-0.2, -0.15) is 11.3 Å². The highest BCUT2D eigenvalue weighted by Crippen LogP contribution is 2.26. The monoisotopic (exact) mass is 293 g/mol. The fourth-order valence-electron chi connectivity index (χ4n) is 1.90. The highest BCUT2D eigenvalue weighted by Gasteiger charge is 2.20. The second-order valence-corrected chi connectivity index (χ2v) is 6.04. The lowest BCUT2D eigenvalue weighted by Gasteiger charge is -2.12. The third-order valence-electron chi connectivity index (χ3n) is 3.16. The van der Waals surface area contributed by atoms with Crippen molar-refractivity contribution in [1.29, 1.82) is 0 Å². The average Bonchev–Trinajstić information content (AvgIpc) is 3.10. The Morgan fingerprint density at radius 3 is 2.95 bits per heavy atom. The summed E-state index contributed by atoms with van der Waals surface area (Å²) in [6.07, 6.45) is 2.57. The van der Waals surface area contributed by atoms with Gasteiger partial charge < -0.3 is 10.1 Å². The van der Waals surface area contributed by atoms with E-state index in [4.69, 9.17) is 16.3 Å². The Balaban J connectivity index is 1.67. The second kappa shape index (κ2) is 5.95. The van der Waals surface area contributed by atoms with E-state index >= 15 is 0 Å². The van der Waals surface area contributed by atoms with E-state index in [1.165, 1.54) is 18.4 Å². The van der Waals surface area contributed by atoms with Gasteiger partial charge in [-0.3, -0.25) is 0 Å². The van der Waals surface area contributed by atoms with Gasteiger partial charge in [0, 0.05) is 23.2 Å². The van der Waals surface area contributed by atoms with E-state index in [-0.39, 0.29) is 0 Å². The summed E-state index contributed by atoms with van der Waals surface area (Å²) in [4.78, 5) is 0. The molecule has 1 heterocycles. The van der Waals surface area contributed by atoms with Gasteiger partial charge in [-0.1, -0.05) is 11.6 Å². The molecule has 0 aliphatic heterocycles. The topological polar surface area (TPSA) is 21.3 Å². The van der Waals surface area contributed by atoms with Crippen molar-refractivity contribution in [3.8, 4) is 5.75 Å². The number of thiophene rings is 1. The molecule has 4 heteroatoms. The fraction of sp³-hybridized carbons (Fsp3) is 0.333. The molecule has 19 heavy (non-hydrogen) atoms. The van der Waals surface area contributed by atoms with Crippen molar-refractivity contribution in [2.45, 2.75) is 32.0 Å². The summed E-state index contributed by atoms with van der Waals surface area (Å²) in [5, 5.41) is 8.43. The average molecular weight is 294 g/mol. The van der Waals surface area contributed by atoms with E-state index in [0.717, 1.165) is 22.9 Å². The number of nitrogens with one attached hydrogen (secondary N) is 1. The van der Waals surface area contributed by atoms with Crippen molar-refractivity contribution in [2.75, 3.05) is 0 Å². The summed E-state index contributed by atoms with van der Waals surface area (Å²) in [6.45, 7) is 1.44. The Kier molecular flexibility index (Phi) is 4.06. The normalized spacial score (nSPS) is 14.6. The Bertz CT molecular complexity index is 537. The Labute approximate surface area is 122 Å². The molecule has 0 unspecified atom stereocenters. The van der Waals surface area contributed by atoms with E-state index in [1.54, 1.807) is 11.3 Å². The molecule has 2 aromatic rings. The molecule has 1 saturated carbocycles. The van der Waals surface area contributed by atoms with Crippen LogP contribution < -0.4 is 10.1 Å². The smallest absolute Gasteiger partial charge is 0.124 e. The summed E-state index contributed by atoms with van der Waals surface area (Å²) < 4.78 is 5.90. The van der Waals surface area contributed by atoms with Crippen molar-refractivity contribution >= 4 is 22.9 Å². The van der Waals surface area contributed by atoms with Gasteiger partial charge in [-0.25, -0.2) is 0 Å². The molecule has 1 aliphatic rings. The minimum absolute atomic E-state index is 0.613. The molecule has 3 rings (SSSR count). The van der Waals surface area contributed by atoms with Crippen molar-refractivity contribution in [2.24, 2.45) is 0 Å². The van der Waals surface area contributed by atoms with E-state index in [0.29, 0.717) is 12.6 Å². The molecular weight excluding hydrogens is 278 g/mol. The quantitative estimate of drug-likeness (QED) is 0.860. The zero-order valence-electron chi connectivity index (χ0n) is 10.6. The first-order valence-corrected chi connectivity index (χ1v) is 7.79. The lowest BCUT2D eigenvalue weighted by molar-refractivity contribution is 0.302. The summed E-state index contributed by atoms with van der Waals surface area (Å²) in [5.74, 6) is 0.920. The number of halogens is 1. The van der Waals surface area contributed by atoms with Crippen LogP contribution in [0.4, 0.5) is 0 Å². The van der Waals surface area contributed by atoms with Crippen LogP contribution in [-0.2, 0) is 13.2 Å². The van der Waals surface area contributed by atoms with Gasteiger partial charge in [0.05, 0.1) is 0 Å². The van der Waals surface area contributed by atoms with Crippen LogP contribution in [0.25, 0.3) is 0 Å². The first-order valence-electron chi connectivity index (χ1n) is 6.47. The molecule has 0 bridgehead atoms. The molecule has 1 aromatic carbocycles. The zero-order valence-corrected chi connectivity index (χ0v) is 12.1. The maximum Gasteiger partial charge on any atom is 0.124 e. The van der Waals surface area contributed by atoms with Crippen molar-refractivity contribution in [3.05, 3.63) is 51.2 Å². The Morgan fingerprint density at radius 1 is 1.32 bits per heavy atom. The van der Waals surface area contributed by atoms with Crippen LogP contribution in [0, 0.1) is 0 Å². The van der Waals surface area contributed by atoms with Crippen LogP contribution in [-0.4, -0.2) is 6.04 Å². The molecule has 0 radical (unpaired) electrons. The van der Waals surface area contributed by atoms with E-state index < -0.39 is 0 Å². The van der Waals surface area contributed by atoms with Crippen LogP contribution in [0.3, 0.4) is 0 Å². The van der Waals surface area contributed by atoms with Crippen LogP contribution >= 0.6 is 22.9 Å². The van der Waals surface area contributed by atoms with E-state index in [9.17, 15) is 0 Å². The first-order chi connectivity index (χ1) is 9.31. The van der Waals surface area contributed by atoms with E-state index in [2.05, 4.69) is 22.1 Å². The van der Waals surface area contributed by atoms with Crippen LogP contribution in [0.1, 0.15) is 24.0 Å². The molecule has 1 N–H and O–H groups in total. The molecular formula is C15H16ClNOS. The van der Waals surface area contributed by atoms with Gasteiger partial charge in [0.15, 0.2) is 0 Å². The zero-order chi connectivity index (χ0) is 13.1. The van der Waals surface area contributed by atoms with Gasteiger partial charge in [-0.05, 0) is 53.4 Å². The molecule has 2 nitrogen and oxygen atoms in total. The van der Waals surface area contributed by atoms with Gasteiger partial charge in [-0.15, -0.1) is 0 Å². The summed E-state index contributed by atoms with van der Waals surface area (Å²) in [6, 6.07) is 8.59. The number of hydrogen-bond acceptors (Lipinski definition) is 3. The maximum atomic E-state index is 6.07. The van der Waals surface area contributed by atoms with Gasteiger partial charge >= 0.3 is 0 Å². The van der Waals surface area contributed by atoms with Crippen LogP contribution in [0.2, 0.25) is 5.02 Å². The number of ether oxygens (including phenoxy) is 1. The summed E-state index contributed by atoms with van der Waals surface area (Å²) >= 11 is 7.76. The predicted octanol–water partition coefficient (Wildman–Crippen LogP) is 4.23. The largest absolute Gasteiger partial charge is 0.489 e. The van der Waals surface area contributed by atoms with Gasteiger partial charge in [0.2, 0.25) is 0 Å². The van der Waals surface area contributed by atoms with Gasteiger partial charge in [0.25, 0.3) is 0 Å². The number of hydrogen-bond donors (Lipinski definition) is 1. The molecule has 0 atom stereocenters. The number of rotatable bonds is 6. The predicted molar refractivity (Wildman–Crippen MR) is 80.0 cm³/mol. The third kappa shape index (κ3) is 3.72. The summed E-state index contributed by atoms with van der Waals surface area (Å²) in [7, 11) is 0. The van der Waals surface area contributed by atoms with Crippen molar-refractivity contribution in [3.63, 3.8) is 0 Å².